The van der Waals surface area contributed by atoms with Crippen LogP contribution in [0.5, 0.6) is 0 Å². The Morgan fingerprint density at radius 1 is 1.42 bits per heavy atom. The van der Waals surface area contributed by atoms with Crippen molar-refractivity contribution < 1.29 is 0 Å². The minimum absolute atomic E-state index is 0.640. The number of allylic oxidation sites excluding steroid dienone is 1. The van der Waals surface area contributed by atoms with Crippen molar-refractivity contribution >= 4 is 11.4 Å². The standard InChI is InChI=1S/C10H13N2/c1-3-9(11)8-5-4-7(2)10(12)6-8/h4-6H,11-12H2,1-2H3/q+1. The number of hydrogen-bond acceptors (Lipinski definition) is 2. The molecule has 0 heterocycles. The smallest absolute Gasteiger partial charge is 0.261 e. The summed E-state index contributed by atoms with van der Waals surface area (Å²) >= 11 is 0. The Morgan fingerprint density at radius 2 is 2.08 bits per heavy atom. The van der Waals surface area contributed by atoms with Crippen LogP contribution in [0.2, 0.25) is 0 Å². The fourth-order valence-corrected chi connectivity index (χ4v) is 0.952. The van der Waals surface area contributed by atoms with Crippen molar-refractivity contribution in [1.29, 1.82) is 0 Å². The summed E-state index contributed by atoms with van der Waals surface area (Å²) in [6.45, 7) is 3.75. The normalized spacial score (nSPS) is 11.0. The second-order valence-electron chi connectivity index (χ2n) is 2.74. The summed E-state index contributed by atoms with van der Waals surface area (Å²) in [7, 11) is 0. The van der Waals surface area contributed by atoms with E-state index in [0.29, 0.717) is 5.70 Å². The number of nitrogens with two attached hydrogens (primary N) is 2. The maximum absolute atomic E-state index is 5.72. The zero-order chi connectivity index (χ0) is 9.14. The molecule has 0 atom stereocenters. The lowest BCUT2D eigenvalue weighted by molar-refractivity contribution is 1.41. The number of nitrogen functional groups attached to an aromatic ring is 1. The number of anilines is 1. The van der Waals surface area contributed by atoms with Crippen molar-refractivity contribution in [3.8, 4) is 0 Å². The molecule has 0 radical (unpaired) electrons. The predicted molar refractivity (Wildman–Crippen MR) is 52.1 cm³/mol. The van der Waals surface area contributed by atoms with Gasteiger partial charge in [-0.2, -0.15) is 0 Å². The van der Waals surface area contributed by atoms with Crippen molar-refractivity contribution in [2.75, 3.05) is 5.73 Å². The highest BCUT2D eigenvalue weighted by Crippen LogP contribution is 2.16. The number of rotatable bonds is 1. The Kier molecular flexibility index (Phi) is 2.32. The summed E-state index contributed by atoms with van der Waals surface area (Å²) in [4.78, 5) is 0. The van der Waals surface area contributed by atoms with Gasteiger partial charge in [0.2, 0.25) is 0 Å². The molecule has 0 saturated carbocycles. The highest BCUT2D eigenvalue weighted by atomic mass is 14.6. The Labute approximate surface area is 72.9 Å². The summed E-state index contributed by atoms with van der Waals surface area (Å²) in [6.07, 6.45) is 2.87. The third kappa shape index (κ3) is 1.55. The first-order chi connectivity index (χ1) is 5.65. The quantitative estimate of drug-likeness (QED) is 0.486. The molecule has 0 aliphatic carbocycles. The number of hydrogen-bond donors (Lipinski definition) is 2. The fraction of sp³-hybridized carbons (Fsp3) is 0.200. The number of benzene rings is 1. The van der Waals surface area contributed by atoms with Crippen LogP contribution in [0.4, 0.5) is 5.69 Å². The summed E-state index contributed by atoms with van der Waals surface area (Å²) < 4.78 is 0. The summed E-state index contributed by atoms with van der Waals surface area (Å²) in [5.74, 6) is 0. The van der Waals surface area contributed by atoms with Gasteiger partial charge in [-0.05, 0) is 18.6 Å². The van der Waals surface area contributed by atoms with Gasteiger partial charge in [0.1, 0.15) is 5.56 Å². The molecule has 2 nitrogen and oxygen atoms in total. The summed E-state index contributed by atoms with van der Waals surface area (Å²) in [5, 5.41) is 0. The van der Waals surface area contributed by atoms with Gasteiger partial charge in [0.15, 0.2) is 0 Å². The van der Waals surface area contributed by atoms with Crippen LogP contribution in [0.3, 0.4) is 0 Å². The second-order valence-corrected chi connectivity index (χ2v) is 2.74. The third-order valence-corrected chi connectivity index (χ3v) is 1.86. The minimum atomic E-state index is 0.640. The van der Waals surface area contributed by atoms with E-state index in [2.05, 4.69) is 6.08 Å². The lowest BCUT2D eigenvalue weighted by atomic mass is 10.1. The van der Waals surface area contributed by atoms with E-state index >= 15 is 0 Å². The monoisotopic (exact) mass is 161 g/mol. The van der Waals surface area contributed by atoms with Gasteiger partial charge in [0.25, 0.3) is 5.70 Å². The Balaban J connectivity index is 3.13. The molecule has 0 unspecified atom stereocenters. The highest BCUT2D eigenvalue weighted by Gasteiger charge is 2.08. The van der Waals surface area contributed by atoms with Crippen LogP contribution in [0.15, 0.2) is 18.2 Å². The molecule has 1 aromatic carbocycles. The van der Waals surface area contributed by atoms with Gasteiger partial charge in [-0.15, -0.1) is 0 Å². The van der Waals surface area contributed by atoms with Gasteiger partial charge in [-0.25, -0.2) is 0 Å². The Morgan fingerprint density at radius 3 is 2.58 bits per heavy atom. The molecule has 0 amide bonds. The molecular weight excluding hydrogens is 148 g/mol. The average Bonchev–Trinajstić information content (AvgIpc) is 2.08. The first kappa shape index (κ1) is 8.57. The van der Waals surface area contributed by atoms with Crippen LogP contribution in [0, 0.1) is 13.0 Å². The van der Waals surface area contributed by atoms with Crippen molar-refractivity contribution in [2.24, 2.45) is 5.73 Å². The van der Waals surface area contributed by atoms with E-state index in [1.807, 2.05) is 25.1 Å². The second kappa shape index (κ2) is 3.24. The molecule has 0 aliphatic rings. The van der Waals surface area contributed by atoms with E-state index in [4.69, 9.17) is 11.5 Å². The topological polar surface area (TPSA) is 52.0 Å². The van der Waals surface area contributed by atoms with Crippen molar-refractivity contribution in [2.45, 2.75) is 13.8 Å². The van der Waals surface area contributed by atoms with Crippen LogP contribution in [-0.4, -0.2) is 0 Å². The SMILES string of the molecule is C[C+]=C(N)c1ccc(C)c(N)c1. The van der Waals surface area contributed by atoms with Gasteiger partial charge < -0.3 is 11.5 Å². The predicted octanol–water partition coefficient (Wildman–Crippen LogP) is 1.70. The Hall–Kier alpha value is -1.53. The first-order valence-electron chi connectivity index (χ1n) is 3.82. The molecular formula is C10H13N2+. The lowest BCUT2D eigenvalue weighted by Gasteiger charge is -1.96. The van der Waals surface area contributed by atoms with Crippen molar-refractivity contribution in [3.63, 3.8) is 0 Å². The van der Waals surface area contributed by atoms with E-state index in [9.17, 15) is 0 Å². The van der Waals surface area contributed by atoms with Crippen LogP contribution in [0.25, 0.3) is 5.70 Å². The van der Waals surface area contributed by atoms with Gasteiger partial charge >= 0.3 is 0 Å². The molecule has 0 aliphatic heterocycles. The van der Waals surface area contributed by atoms with Gasteiger partial charge in [-0.1, -0.05) is 0 Å². The minimum Gasteiger partial charge on any atom is -0.397 e. The molecule has 1 rings (SSSR count). The zero-order valence-electron chi connectivity index (χ0n) is 7.39. The van der Waals surface area contributed by atoms with Gasteiger partial charge in [-0.3, -0.25) is 0 Å². The molecule has 0 aromatic heterocycles. The van der Waals surface area contributed by atoms with E-state index in [1.165, 1.54) is 0 Å². The lowest BCUT2D eigenvalue weighted by Crippen LogP contribution is -1.98. The van der Waals surface area contributed by atoms with Crippen molar-refractivity contribution in [1.82, 2.24) is 0 Å². The van der Waals surface area contributed by atoms with Gasteiger partial charge in [0, 0.05) is 6.07 Å². The molecule has 1 aromatic rings. The summed E-state index contributed by atoms with van der Waals surface area (Å²) in [6, 6.07) is 5.76. The van der Waals surface area contributed by atoms with Crippen LogP contribution in [0.1, 0.15) is 18.1 Å². The van der Waals surface area contributed by atoms with E-state index < -0.39 is 0 Å². The van der Waals surface area contributed by atoms with E-state index in [0.717, 1.165) is 16.8 Å². The fourth-order valence-electron chi connectivity index (χ4n) is 0.952. The van der Waals surface area contributed by atoms with Crippen LogP contribution >= 0.6 is 0 Å². The van der Waals surface area contributed by atoms with Gasteiger partial charge in [0.05, 0.1) is 24.8 Å². The molecule has 4 N–H and O–H groups in total. The molecule has 0 bridgehead atoms. The Bertz CT molecular complexity index is 314. The average molecular weight is 161 g/mol. The molecule has 62 valence electrons. The van der Waals surface area contributed by atoms with Crippen LogP contribution in [-0.2, 0) is 0 Å². The van der Waals surface area contributed by atoms with E-state index in [-0.39, 0.29) is 0 Å². The highest BCUT2D eigenvalue weighted by molar-refractivity contribution is 5.65. The summed E-state index contributed by atoms with van der Waals surface area (Å²) in [5.41, 5.74) is 14.8. The zero-order valence-corrected chi connectivity index (χ0v) is 7.39. The maximum Gasteiger partial charge on any atom is 0.261 e. The molecule has 2 heteroatoms. The maximum atomic E-state index is 5.72. The first-order valence-corrected chi connectivity index (χ1v) is 3.82. The largest absolute Gasteiger partial charge is 0.397 e. The molecule has 0 saturated heterocycles. The van der Waals surface area contributed by atoms with Crippen molar-refractivity contribution in [3.05, 3.63) is 35.4 Å². The van der Waals surface area contributed by atoms with E-state index in [1.54, 1.807) is 6.92 Å². The third-order valence-electron chi connectivity index (χ3n) is 1.86. The number of aryl methyl sites for hydroxylation is 1. The molecule has 0 fully saturated rings. The molecule has 0 spiro atoms. The molecule has 12 heavy (non-hydrogen) atoms. The van der Waals surface area contributed by atoms with Crippen LogP contribution < -0.4 is 11.5 Å².